The van der Waals surface area contributed by atoms with Crippen molar-refractivity contribution in [3.8, 4) is 0 Å². The van der Waals surface area contributed by atoms with Crippen molar-refractivity contribution in [1.82, 2.24) is 14.7 Å². The topological polar surface area (TPSA) is 58.4 Å². The Morgan fingerprint density at radius 3 is 2.63 bits per heavy atom. The smallest absolute Gasteiger partial charge is 0.271 e. The fourth-order valence-corrected chi connectivity index (χ4v) is 2.09. The van der Waals surface area contributed by atoms with Gasteiger partial charge in [0.15, 0.2) is 0 Å². The zero-order valence-corrected chi connectivity index (χ0v) is 12.3. The minimum atomic E-state index is -0.390. The number of rotatable bonds is 7. The minimum absolute atomic E-state index is 0.0370. The van der Waals surface area contributed by atoms with Crippen LogP contribution >= 0.6 is 0 Å². The first-order valence-corrected chi connectivity index (χ1v) is 6.98. The zero-order valence-electron chi connectivity index (χ0n) is 12.3. The van der Waals surface area contributed by atoms with Gasteiger partial charge in [0, 0.05) is 19.8 Å². The Bertz CT molecular complexity index is 397. The molecule has 1 aromatic rings. The molecule has 0 bridgehead atoms. The fourth-order valence-electron chi connectivity index (χ4n) is 2.09. The first-order chi connectivity index (χ1) is 9.01. The van der Waals surface area contributed by atoms with Crippen molar-refractivity contribution in [3.63, 3.8) is 0 Å². The highest BCUT2D eigenvalue weighted by molar-refractivity contribution is 5.92. The average molecular weight is 267 g/mol. The zero-order chi connectivity index (χ0) is 14.4. The largest absolute Gasteiger partial charge is 0.393 e. The van der Waals surface area contributed by atoms with Crippen LogP contribution < -0.4 is 0 Å². The Balaban J connectivity index is 2.79. The summed E-state index contributed by atoms with van der Waals surface area (Å²) in [6, 6.07) is 2.03. The van der Waals surface area contributed by atoms with E-state index in [4.69, 9.17) is 0 Å². The lowest BCUT2D eigenvalue weighted by Gasteiger charge is -2.21. The quantitative estimate of drug-likeness (QED) is 0.823. The molecular formula is C14H25N3O2. The molecule has 0 aliphatic heterocycles. The number of aliphatic hydroxyl groups excluding tert-OH is 1. The predicted octanol–water partition coefficient (Wildman–Crippen LogP) is 2.09. The molecule has 0 radical (unpaired) electrons. The molecule has 0 aliphatic carbocycles. The molecule has 0 spiro atoms. The van der Waals surface area contributed by atoms with E-state index in [9.17, 15) is 9.90 Å². The van der Waals surface area contributed by atoms with Gasteiger partial charge in [-0.3, -0.25) is 9.48 Å². The van der Waals surface area contributed by atoms with Crippen LogP contribution in [0.3, 0.4) is 0 Å². The van der Waals surface area contributed by atoms with Gasteiger partial charge in [-0.25, -0.2) is 0 Å². The molecule has 1 aromatic heterocycles. The van der Waals surface area contributed by atoms with E-state index in [1.165, 1.54) is 0 Å². The van der Waals surface area contributed by atoms with E-state index >= 15 is 0 Å². The van der Waals surface area contributed by atoms with Crippen LogP contribution in [0, 0.1) is 0 Å². The molecule has 5 heteroatoms. The Hall–Kier alpha value is -1.36. The summed E-state index contributed by atoms with van der Waals surface area (Å²) in [5.74, 6) is -0.0370. The Kier molecular flexibility index (Phi) is 6.02. The summed E-state index contributed by atoms with van der Waals surface area (Å²) in [6.07, 6.45) is 3.78. The third-order valence-corrected chi connectivity index (χ3v) is 3.41. The van der Waals surface area contributed by atoms with Crippen molar-refractivity contribution in [2.24, 2.45) is 0 Å². The first kappa shape index (κ1) is 15.7. The molecule has 1 rings (SSSR count). The standard InChI is InChI=1S/C14H25N3O2/c1-5-12(6-2)17-13(7-9-15-17)14(19)16(4)10-8-11(3)18/h7,9,11-12,18H,5-6,8,10H2,1-4H3. The molecular weight excluding hydrogens is 242 g/mol. The van der Waals surface area contributed by atoms with Crippen molar-refractivity contribution in [1.29, 1.82) is 0 Å². The molecule has 0 aromatic carbocycles. The van der Waals surface area contributed by atoms with Gasteiger partial charge in [-0.05, 0) is 32.3 Å². The number of hydrogen-bond acceptors (Lipinski definition) is 3. The van der Waals surface area contributed by atoms with Crippen molar-refractivity contribution in [2.75, 3.05) is 13.6 Å². The van der Waals surface area contributed by atoms with Crippen molar-refractivity contribution >= 4 is 5.91 Å². The van der Waals surface area contributed by atoms with E-state index < -0.39 is 0 Å². The molecule has 1 unspecified atom stereocenters. The van der Waals surface area contributed by atoms with Crippen LogP contribution in [0.15, 0.2) is 12.3 Å². The molecule has 1 atom stereocenters. The molecule has 0 saturated heterocycles. The second kappa shape index (κ2) is 7.28. The normalized spacial score (nSPS) is 12.7. The molecule has 1 N–H and O–H groups in total. The predicted molar refractivity (Wildman–Crippen MR) is 75.1 cm³/mol. The maximum Gasteiger partial charge on any atom is 0.271 e. The second-order valence-electron chi connectivity index (χ2n) is 5.00. The van der Waals surface area contributed by atoms with Gasteiger partial charge in [-0.2, -0.15) is 5.10 Å². The Morgan fingerprint density at radius 2 is 2.11 bits per heavy atom. The highest BCUT2D eigenvalue weighted by atomic mass is 16.3. The van der Waals surface area contributed by atoms with Gasteiger partial charge in [0.05, 0.1) is 12.1 Å². The summed E-state index contributed by atoms with van der Waals surface area (Å²) in [5.41, 5.74) is 0.627. The second-order valence-corrected chi connectivity index (χ2v) is 5.00. The lowest BCUT2D eigenvalue weighted by atomic mass is 10.1. The molecule has 0 fully saturated rings. The molecule has 0 saturated carbocycles. The first-order valence-electron chi connectivity index (χ1n) is 6.98. The van der Waals surface area contributed by atoms with Gasteiger partial charge >= 0.3 is 0 Å². The van der Waals surface area contributed by atoms with Crippen molar-refractivity contribution < 1.29 is 9.90 Å². The third-order valence-electron chi connectivity index (χ3n) is 3.41. The summed E-state index contributed by atoms with van der Waals surface area (Å²) in [6.45, 7) is 6.47. The highest BCUT2D eigenvalue weighted by Crippen LogP contribution is 2.17. The molecule has 1 heterocycles. The van der Waals surface area contributed by atoms with Crippen molar-refractivity contribution in [3.05, 3.63) is 18.0 Å². The minimum Gasteiger partial charge on any atom is -0.393 e. The van der Waals surface area contributed by atoms with E-state index in [1.54, 1.807) is 31.1 Å². The third kappa shape index (κ3) is 4.06. The van der Waals surface area contributed by atoms with Crippen LogP contribution in [0.5, 0.6) is 0 Å². The van der Waals surface area contributed by atoms with E-state index in [-0.39, 0.29) is 18.1 Å². The maximum absolute atomic E-state index is 12.4. The van der Waals surface area contributed by atoms with Crippen LogP contribution in [0.2, 0.25) is 0 Å². The monoisotopic (exact) mass is 267 g/mol. The van der Waals surface area contributed by atoms with Gasteiger partial charge in [0.1, 0.15) is 5.69 Å². The number of aliphatic hydroxyl groups is 1. The average Bonchev–Trinajstić information content (AvgIpc) is 2.85. The lowest BCUT2D eigenvalue weighted by Crippen LogP contribution is -2.32. The molecule has 1 amide bonds. The van der Waals surface area contributed by atoms with Gasteiger partial charge in [0.2, 0.25) is 0 Å². The summed E-state index contributed by atoms with van der Waals surface area (Å²) in [4.78, 5) is 14.0. The van der Waals surface area contributed by atoms with Crippen LogP contribution in [0.1, 0.15) is 56.6 Å². The van der Waals surface area contributed by atoms with Gasteiger partial charge in [0.25, 0.3) is 5.91 Å². The van der Waals surface area contributed by atoms with Gasteiger partial charge in [-0.15, -0.1) is 0 Å². The SMILES string of the molecule is CCC(CC)n1nccc1C(=O)N(C)CCC(C)O. The number of nitrogens with zero attached hydrogens (tertiary/aromatic N) is 3. The number of amides is 1. The summed E-state index contributed by atoms with van der Waals surface area (Å²) in [7, 11) is 1.76. The molecule has 108 valence electrons. The van der Waals surface area contributed by atoms with Gasteiger partial charge in [-0.1, -0.05) is 13.8 Å². The van der Waals surface area contributed by atoms with E-state index in [1.807, 2.05) is 4.68 Å². The van der Waals surface area contributed by atoms with E-state index in [2.05, 4.69) is 18.9 Å². The number of carbonyl (C=O) groups is 1. The van der Waals surface area contributed by atoms with Crippen molar-refractivity contribution in [2.45, 2.75) is 52.2 Å². The Labute approximate surface area is 115 Å². The summed E-state index contributed by atoms with van der Waals surface area (Å²) in [5, 5.41) is 13.6. The van der Waals surface area contributed by atoms with Gasteiger partial charge < -0.3 is 10.0 Å². The number of carbonyl (C=O) groups excluding carboxylic acids is 1. The van der Waals surface area contributed by atoms with Crippen LogP contribution in [0.25, 0.3) is 0 Å². The number of hydrogen-bond donors (Lipinski definition) is 1. The highest BCUT2D eigenvalue weighted by Gasteiger charge is 2.20. The molecule has 19 heavy (non-hydrogen) atoms. The fraction of sp³-hybridized carbons (Fsp3) is 0.714. The molecule has 5 nitrogen and oxygen atoms in total. The van der Waals surface area contributed by atoms with Crippen LogP contribution in [-0.2, 0) is 0 Å². The lowest BCUT2D eigenvalue weighted by molar-refractivity contribution is 0.0753. The van der Waals surface area contributed by atoms with E-state index in [0.29, 0.717) is 18.7 Å². The number of aromatic nitrogens is 2. The maximum atomic E-state index is 12.4. The summed E-state index contributed by atoms with van der Waals surface area (Å²) < 4.78 is 1.82. The summed E-state index contributed by atoms with van der Waals surface area (Å²) >= 11 is 0. The van der Waals surface area contributed by atoms with Crippen LogP contribution in [0.4, 0.5) is 0 Å². The van der Waals surface area contributed by atoms with E-state index in [0.717, 1.165) is 12.8 Å². The molecule has 0 aliphatic rings. The van der Waals surface area contributed by atoms with Crippen LogP contribution in [-0.4, -0.2) is 45.4 Å². The Morgan fingerprint density at radius 1 is 1.47 bits per heavy atom.